The van der Waals surface area contributed by atoms with Crippen LogP contribution in [0.5, 0.6) is 0 Å². The van der Waals surface area contributed by atoms with Gasteiger partial charge in [-0.3, -0.25) is 0 Å². The van der Waals surface area contributed by atoms with Crippen molar-refractivity contribution >= 4 is 0 Å². The molecule has 0 fully saturated rings. The van der Waals surface area contributed by atoms with Crippen molar-refractivity contribution in [2.45, 2.75) is 73.9 Å². The van der Waals surface area contributed by atoms with E-state index in [0.29, 0.717) is 0 Å². The Morgan fingerprint density at radius 3 is 0.871 bits per heavy atom. The van der Waals surface area contributed by atoms with E-state index in [9.17, 15) is 74.6 Å². The van der Waals surface area contributed by atoms with Crippen molar-refractivity contribution in [3.8, 4) is 0 Å². The molecule has 18 heteroatoms. The monoisotopic (exact) mass is 505 g/mol. The maximum absolute atomic E-state index is 13.9. The van der Waals surface area contributed by atoms with Gasteiger partial charge >= 0.3 is 47.6 Å². The van der Waals surface area contributed by atoms with Crippen LogP contribution in [-0.2, 0) is 0 Å². The van der Waals surface area contributed by atoms with Gasteiger partial charge in [0.25, 0.3) is 0 Å². The van der Waals surface area contributed by atoms with Crippen molar-refractivity contribution in [2.75, 3.05) is 6.54 Å². The van der Waals surface area contributed by atoms with E-state index in [1.54, 1.807) is 0 Å². The quantitative estimate of drug-likeness (QED) is 0.359. The predicted molar refractivity (Wildman–Crippen MR) is 68.4 cm³/mol. The molecule has 188 valence electrons. The van der Waals surface area contributed by atoms with Gasteiger partial charge in [-0.25, -0.2) is 0 Å². The van der Waals surface area contributed by atoms with Gasteiger partial charge < -0.3 is 5.32 Å². The van der Waals surface area contributed by atoms with E-state index >= 15 is 0 Å². The van der Waals surface area contributed by atoms with E-state index < -0.39 is 59.7 Å². The maximum atomic E-state index is 13.9. The minimum atomic E-state index is -8.61. The Balaban J connectivity index is 6.84. The van der Waals surface area contributed by atoms with Gasteiger partial charge in [-0.1, -0.05) is 6.92 Å². The highest BCUT2D eigenvalue weighted by Gasteiger charge is 2.95. The Morgan fingerprint density at radius 2 is 0.645 bits per heavy atom. The molecule has 0 aromatic rings. The fraction of sp³-hybridized carbons (Fsp3) is 1.00. The van der Waals surface area contributed by atoms with Crippen molar-refractivity contribution < 1.29 is 74.6 Å². The van der Waals surface area contributed by atoms with Gasteiger partial charge in [0.05, 0.1) is 5.54 Å². The van der Waals surface area contributed by atoms with Crippen LogP contribution < -0.4 is 5.32 Å². The molecular formula is C13H12F17N. The highest BCUT2D eigenvalue weighted by molar-refractivity contribution is 5.17. The summed E-state index contributed by atoms with van der Waals surface area (Å²) in [5.41, 5.74) is -3.63. The molecule has 0 bridgehead atoms. The molecule has 0 atom stereocenters. The third kappa shape index (κ3) is 3.69. The zero-order valence-corrected chi connectivity index (χ0v) is 15.1. The molecule has 0 heterocycles. The topological polar surface area (TPSA) is 12.0 Å². The maximum Gasteiger partial charge on any atom is 0.460 e. The van der Waals surface area contributed by atoms with Crippen LogP contribution in [0.1, 0.15) is 20.8 Å². The summed E-state index contributed by atoms with van der Waals surface area (Å²) in [6, 6.07) is 0. The standard InChI is InChI=1S/C13H12F17N/c1-4-31-5(2,3)6(14,15)7(16,17)8(18,19)9(20,21)10(22,23)11(24,25)12(26,27)13(28,29)30/h31H,4H2,1-3H3. The summed E-state index contributed by atoms with van der Waals surface area (Å²) in [6.07, 6.45) is -7.76. The first kappa shape index (κ1) is 29.8. The van der Waals surface area contributed by atoms with Crippen molar-refractivity contribution in [1.29, 1.82) is 0 Å². The second kappa shape index (κ2) is 7.40. The largest absolute Gasteiger partial charge is 0.460 e. The number of alkyl halides is 17. The molecule has 1 nitrogen and oxygen atoms in total. The molecule has 0 aromatic heterocycles. The molecule has 0 aliphatic carbocycles. The van der Waals surface area contributed by atoms with Gasteiger partial charge in [-0.2, -0.15) is 74.6 Å². The average Bonchev–Trinajstić information content (AvgIpc) is 2.52. The SMILES string of the molecule is CCNC(C)(C)C(F)(F)C(F)(F)C(F)(F)C(F)(F)C(F)(F)C(F)(F)C(F)(F)C(F)(F)F. The number of halogens is 17. The number of nitrogens with one attached hydrogen (secondary N) is 1. The molecule has 0 aromatic carbocycles. The molecule has 0 unspecified atom stereocenters. The summed E-state index contributed by atoms with van der Waals surface area (Å²) in [5, 5.41) is 1.39. The van der Waals surface area contributed by atoms with Crippen LogP contribution in [0.2, 0.25) is 0 Å². The Bertz CT molecular complexity index is 645. The molecule has 0 rings (SSSR count). The average molecular weight is 505 g/mol. The third-order valence-corrected chi connectivity index (χ3v) is 4.13. The van der Waals surface area contributed by atoms with Gasteiger partial charge in [0, 0.05) is 0 Å². The number of hydrogen-bond donors (Lipinski definition) is 1. The van der Waals surface area contributed by atoms with Crippen LogP contribution in [-0.4, -0.2) is 59.7 Å². The first-order chi connectivity index (χ1) is 13.1. The molecule has 0 aliphatic heterocycles. The summed E-state index contributed by atoms with van der Waals surface area (Å²) in [6.45, 7) is 0.107. The van der Waals surface area contributed by atoms with E-state index in [1.165, 1.54) is 5.32 Å². The molecule has 0 amide bonds. The minimum Gasteiger partial charge on any atom is -0.307 e. The molecule has 0 spiro atoms. The fourth-order valence-corrected chi connectivity index (χ4v) is 2.11. The van der Waals surface area contributed by atoms with Gasteiger partial charge in [0.15, 0.2) is 0 Å². The van der Waals surface area contributed by atoms with E-state index in [1.807, 2.05) is 0 Å². The van der Waals surface area contributed by atoms with E-state index in [-0.39, 0.29) is 13.8 Å². The van der Waals surface area contributed by atoms with E-state index in [0.717, 1.165) is 6.92 Å². The molecule has 0 saturated carbocycles. The Hall–Kier alpha value is -1.23. The van der Waals surface area contributed by atoms with Crippen LogP contribution in [0, 0.1) is 0 Å². The number of rotatable bonds is 9. The first-order valence-corrected chi connectivity index (χ1v) is 7.52. The second-order valence-corrected chi connectivity index (χ2v) is 6.67. The van der Waals surface area contributed by atoms with Crippen molar-refractivity contribution in [2.24, 2.45) is 0 Å². The lowest BCUT2D eigenvalue weighted by atomic mass is 9.83. The Kier molecular flexibility index (Phi) is 7.10. The molecular weight excluding hydrogens is 493 g/mol. The summed E-state index contributed by atoms with van der Waals surface area (Å²) in [5.74, 6) is -56.2. The van der Waals surface area contributed by atoms with Crippen LogP contribution in [0.3, 0.4) is 0 Å². The molecule has 1 N–H and O–H groups in total. The molecule has 31 heavy (non-hydrogen) atoms. The highest BCUT2D eigenvalue weighted by Crippen LogP contribution is 2.64. The third-order valence-electron chi connectivity index (χ3n) is 4.13. The van der Waals surface area contributed by atoms with Gasteiger partial charge in [-0.15, -0.1) is 0 Å². The normalized spacial score (nSPS) is 16.6. The Labute approximate surface area is 161 Å². The zero-order chi connectivity index (χ0) is 25.9. The lowest BCUT2D eigenvalue weighted by molar-refractivity contribution is -0.463. The van der Waals surface area contributed by atoms with Crippen molar-refractivity contribution in [1.82, 2.24) is 5.32 Å². The van der Waals surface area contributed by atoms with Gasteiger partial charge in [0.2, 0.25) is 0 Å². The van der Waals surface area contributed by atoms with Crippen LogP contribution in [0.25, 0.3) is 0 Å². The lowest BCUT2D eigenvalue weighted by Crippen LogP contribution is -2.77. The molecule has 0 aliphatic rings. The van der Waals surface area contributed by atoms with E-state index in [4.69, 9.17) is 0 Å². The summed E-state index contributed by atoms with van der Waals surface area (Å²) >= 11 is 0. The summed E-state index contributed by atoms with van der Waals surface area (Å²) < 4.78 is 223. The van der Waals surface area contributed by atoms with Gasteiger partial charge in [-0.05, 0) is 20.4 Å². The summed E-state index contributed by atoms with van der Waals surface area (Å²) in [7, 11) is 0. The van der Waals surface area contributed by atoms with Crippen LogP contribution in [0.4, 0.5) is 74.6 Å². The first-order valence-electron chi connectivity index (χ1n) is 7.52. The number of hydrogen-bond acceptors (Lipinski definition) is 1. The second-order valence-electron chi connectivity index (χ2n) is 6.67. The van der Waals surface area contributed by atoms with Gasteiger partial charge in [0.1, 0.15) is 0 Å². The van der Waals surface area contributed by atoms with E-state index in [2.05, 4.69) is 0 Å². The smallest absolute Gasteiger partial charge is 0.307 e. The zero-order valence-electron chi connectivity index (χ0n) is 15.1. The van der Waals surface area contributed by atoms with Crippen molar-refractivity contribution in [3.05, 3.63) is 0 Å². The fourth-order valence-electron chi connectivity index (χ4n) is 2.11. The predicted octanol–water partition coefficient (Wildman–Crippen LogP) is 6.38. The summed E-state index contributed by atoms with van der Waals surface area (Å²) in [4.78, 5) is 0. The highest BCUT2D eigenvalue weighted by atomic mass is 19.4. The molecule has 0 radical (unpaired) electrons. The Morgan fingerprint density at radius 1 is 0.419 bits per heavy atom. The van der Waals surface area contributed by atoms with Crippen LogP contribution in [0.15, 0.2) is 0 Å². The van der Waals surface area contributed by atoms with Crippen molar-refractivity contribution in [3.63, 3.8) is 0 Å². The van der Waals surface area contributed by atoms with Crippen LogP contribution >= 0.6 is 0 Å². The minimum absolute atomic E-state index is 0.0246. The lowest BCUT2D eigenvalue weighted by Gasteiger charge is -2.46. The molecule has 0 saturated heterocycles.